The quantitative estimate of drug-likeness (QED) is 0.512. The SMILES string of the molecule is NC(=O)C(Cc1cnc[nH]1)NC(=O)CCN1C(=O)C=CC1=O. The van der Waals surface area contributed by atoms with Gasteiger partial charge in [-0.05, 0) is 0 Å². The maximum atomic E-state index is 11.8. The molecule has 1 aliphatic rings. The van der Waals surface area contributed by atoms with Crippen LogP contribution >= 0.6 is 0 Å². The summed E-state index contributed by atoms with van der Waals surface area (Å²) in [6.07, 6.45) is 5.34. The molecule has 116 valence electrons. The molecule has 2 heterocycles. The number of imide groups is 1. The van der Waals surface area contributed by atoms with Crippen LogP contribution in [-0.4, -0.2) is 51.1 Å². The number of H-pyrrole nitrogens is 1. The van der Waals surface area contributed by atoms with Gasteiger partial charge in [0.15, 0.2) is 0 Å². The fourth-order valence-corrected chi connectivity index (χ4v) is 1.97. The molecular weight excluding hydrogens is 290 g/mol. The van der Waals surface area contributed by atoms with E-state index in [4.69, 9.17) is 5.73 Å². The van der Waals surface area contributed by atoms with Crippen molar-refractivity contribution < 1.29 is 19.2 Å². The zero-order valence-electron chi connectivity index (χ0n) is 11.6. The Morgan fingerprint density at radius 3 is 2.55 bits per heavy atom. The average molecular weight is 305 g/mol. The van der Waals surface area contributed by atoms with Gasteiger partial charge in [0.2, 0.25) is 11.8 Å². The summed E-state index contributed by atoms with van der Waals surface area (Å²) >= 11 is 0. The normalized spacial score (nSPS) is 15.2. The molecule has 0 aromatic carbocycles. The standard InChI is InChI=1S/C13H15N5O4/c14-13(22)9(5-8-6-15-7-16-8)17-10(19)3-4-18-11(20)1-2-12(18)21/h1-2,6-7,9H,3-5H2,(H2,14,22)(H,15,16)(H,17,19). The van der Waals surface area contributed by atoms with Gasteiger partial charge in [0.1, 0.15) is 6.04 Å². The van der Waals surface area contributed by atoms with Gasteiger partial charge in [0.25, 0.3) is 11.8 Å². The van der Waals surface area contributed by atoms with Crippen molar-refractivity contribution >= 4 is 23.6 Å². The minimum atomic E-state index is -0.893. The fraction of sp³-hybridized carbons (Fsp3) is 0.308. The van der Waals surface area contributed by atoms with E-state index in [9.17, 15) is 19.2 Å². The summed E-state index contributed by atoms with van der Waals surface area (Å²) in [5.41, 5.74) is 5.90. The molecule has 1 aromatic heterocycles. The molecular formula is C13H15N5O4. The zero-order chi connectivity index (χ0) is 16.1. The first-order valence-corrected chi connectivity index (χ1v) is 6.57. The van der Waals surface area contributed by atoms with Crippen LogP contribution in [0, 0.1) is 0 Å². The Hall–Kier alpha value is -2.97. The molecule has 0 aliphatic carbocycles. The lowest BCUT2D eigenvalue weighted by Crippen LogP contribution is -2.46. The largest absolute Gasteiger partial charge is 0.368 e. The van der Waals surface area contributed by atoms with Crippen LogP contribution in [0.5, 0.6) is 0 Å². The van der Waals surface area contributed by atoms with Gasteiger partial charge in [-0.25, -0.2) is 4.98 Å². The van der Waals surface area contributed by atoms with E-state index < -0.39 is 29.7 Å². The first-order valence-electron chi connectivity index (χ1n) is 6.57. The van der Waals surface area contributed by atoms with Crippen molar-refractivity contribution in [2.45, 2.75) is 18.9 Å². The number of carbonyl (C=O) groups excluding carboxylic acids is 4. The molecule has 1 atom stereocenters. The molecule has 2 rings (SSSR count). The monoisotopic (exact) mass is 305 g/mol. The van der Waals surface area contributed by atoms with Crippen molar-refractivity contribution in [2.75, 3.05) is 6.54 Å². The molecule has 0 fully saturated rings. The first kappa shape index (κ1) is 15.4. The minimum Gasteiger partial charge on any atom is -0.368 e. The molecule has 9 nitrogen and oxygen atoms in total. The number of nitrogens with zero attached hydrogens (tertiary/aromatic N) is 2. The van der Waals surface area contributed by atoms with Gasteiger partial charge in [-0.2, -0.15) is 0 Å². The number of nitrogens with two attached hydrogens (primary N) is 1. The van der Waals surface area contributed by atoms with Crippen LogP contribution in [0.15, 0.2) is 24.7 Å². The third kappa shape index (κ3) is 3.78. The average Bonchev–Trinajstić information content (AvgIpc) is 3.07. The summed E-state index contributed by atoms with van der Waals surface area (Å²) in [7, 11) is 0. The molecule has 0 saturated heterocycles. The number of rotatable bonds is 7. The zero-order valence-corrected chi connectivity index (χ0v) is 11.6. The maximum absolute atomic E-state index is 11.8. The van der Waals surface area contributed by atoms with Crippen LogP contribution in [-0.2, 0) is 25.6 Å². The van der Waals surface area contributed by atoms with E-state index in [1.165, 1.54) is 12.5 Å². The van der Waals surface area contributed by atoms with Crippen LogP contribution in [0.1, 0.15) is 12.1 Å². The number of aromatic nitrogens is 2. The van der Waals surface area contributed by atoms with Gasteiger partial charge in [-0.1, -0.05) is 0 Å². The van der Waals surface area contributed by atoms with Gasteiger partial charge in [0.05, 0.1) is 6.33 Å². The molecule has 0 radical (unpaired) electrons. The molecule has 4 N–H and O–H groups in total. The lowest BCUT2D eigenvalue weighted by molar-refractivity contribution is -0.137. The third-order valence-electron chi connectivity index (χ3n) is 3.12. The van der Waals surface area contributed by atoms with Crippen LogP contribution in [0.3, 0.4) is 0 Å². The Morgan fingerprint density at radius 1 is 1.32 bits per heavy atom. The topological polar surface area (TPSA) is 138 Å². The van der Waals surface area contributed by atoms with Crippen LogP contribution in [0.2, 0.25) is 0 Å². The van der Waals surface area contributed by atoms with Gasteiger partial charge < -0.3 is 16.0 Å². The number of hydrogen-bond donors (Lipinski definition) is 3. The Bertz CT molecular complexity index is 604. The predicted molar refractivity (Wildman–Crippen MR) is 73.9 cm³/mol. The molecule has 0 spiro atoms. The Morgan fingerprint density at radius 2 is 2.00 bits per heavy atom. The van der Waals surface area contributed by atoms with E-state index in [0.717, 1.165) is 17.1 Å². The highest BCUT2D eigenvalue weighted by Gasteiger charge is 2.25. The summed E-state index contributed by atoms with van der Waals surface area (Å²) in [5, 5.41) is 2.48. The second kappa shape index (κ2) is 6.66. The highest BCUT2D eigenvalue weighted by molar-refractivity contribution is 6.13. The second-order valence-corrected chi connectivity index (χ2v) is 4.71. The predicted octanol–water partition coefficient (Wildman–Crippen LogP) is -1.76. The van der Waals surface area contributed by atoms with Crippen LogP contribution in [0.25, 0.3) is 0 Å². The van der Waals surface area contributed by atoms with Crippen molar-refractivity contribution in [3.05, 3.63) is 30.4 Å². The van der Waals surface area contributed by atoms with Gasteiger partial charge in [-0.3, -0.25) is 24.1 Å². The smallest absolute Gasteiger partial charge is 0.253 e. The van der Waals surface area contributed by atoms with E-state index in [-0.39, 0.29) is 19.4 Å². The summed E-state index contributed by atoms with van der Waals surface area (Å²) in [6.45, 7) is -0.0496. The van der Waals surface area contributed by atoms with Crippen molar-refractivity contribution in [3.8, 4) is 0 Å². The lowest BCUT2D eigenvalue weighted by Gasteiger charge is -2.17. The van der Waals surface area contributed by atoms with E-state index in [2.05, 4.69) is 15.3 Å². The lowest BCUT2D eigenvalue weighted by atomic mass is 10.1. The Kier molecular flexibility index (Phi) is 4.66. The third-order valence-corrected chi connectivity index (χ3v) is 3.12. The molecule has 0 saturated carbocycles. The molecule has 0 bridgehead atoms. The molecule has 1 aromatic rings. The Labute approximate surface area is 125 Å². The first-order chi connectivity index (χ1) is 10.5. The van der Waals surface area contributed by atoms with Gasteiger partial charge in [0, 0.05) is 43.4 Å². The number of hydrogen-bond acceptors (Lipinski definition) is 5. The number of amides is 4. The van der Waals surface area contributed by atoms with E-state index in [0.29, 0.717) is 5.69 Å². The number of primary amides is 1. The highest BCUT2D eigenvalue weighted by atomic mass is 16.2. The van der Waals surface area contributed by atoms with Gasteiger partial charge >= 0.3 is 0 Å². The van der Waals surface area contributed by atoms with Crippen molar-refractivity contribution in [1.29, 1.82) is 0 Å². The summed E-state index contributed by atoms with van der Waals surface area (Å²) in [4.78, 5) is 53.5. The molecule has 1 unspecified atom stereocenters. The maximum Gasteiger partial charge on any atom is 0.253 e. The van der Waals surface area contributed by atoms with E-state index in [1.54, 1.807) is 0 Å². The van der Waals surface area contributed by atoms with Crippen molar-refractivity contribution in [2.24, 2.45) is 5.73 Å². The Balaban J connectivity index is 1.85. The summed E-state index contributed by atoms with van der Waals surface area (Å²) in [5.74, 6) is -2.07. The second-order valence-electron chi connectivity index (χ2n) is 4.71. The number of nitrogens with one attached hydrogen (secondary N) is 2. The number of carbonyl (C=O) groups is 4. The minimum absolute atomic E-state index is 0.0496. The highest BCUT2D eigenvalue weighted by Crippen LogP contribution is 2.04. The van der Waals surface area contributed by atoms with Gasteiger partial charge in [-0.15, -0.1) is 0 Å². The van der Waals surface area contributed by atoms with E-state index >= 15 is 0 Å². The van der Waals surface area contributed by atoms with E-state index in [1.807, 2.05) is 0 Å². The fourth-order valence-electron chi connectivity index (χ4n) is 1.97. The van der Waals surface area contributed by atoms with Crippen molar-refractivity contribution in [3.63, 3.8) is 0 Å². The van der Waals surface area contributed by atoms with Crippen LogP contribution in [0.4, 0.5) is 0 Å². The summed E-state index contributed by atoms with van der Waals surface area (Å²) < 4.78 is 0. The van der Waals surface area contributed by atoms with Crippen LogP contribution < -0.4 is 11.1 Å². The molecule has 9 heteroatoms. The number of aromatic amines is 1. The van der Waals surface area contributed by atoms with Crippen molar-refractivity contribution in [1.82, 2.24) is 20.2 Å². The number of imidazole rings is 1. The molecule has 4 amide bonds. The molecule has 22 heavy (non-hydrogen) atoms. The summed E-state index contributed by atoms with van der Waals surface area (Å²) in [6, 6.07) is -0.893. The molecule has 1 aliphatic heterocycles.